The van der Waals surface area contributed by atoms with E-state index in [4.69, 9.17) is 20.9 Å². The van der Waals surface area contributed by atoms with Crippen LogP contribution in [0.4, 0.5) is 5.69 Å². The molecule has 240 valence electrons. The maximum Gasteiger partial charge on any atom is 0.326 e. The second kappa shape index (κ2) is 16.0. The maximum atomic E-state index is 13.4. The molecule has 6 atom stereocenters. The van der Waals surface area contributed by atoms with Gasteiger partial charge in [0, 0.05) is 40.9 Å². The molecule has 7 nitrogen and oxygen atoms in total. The van der Waals surface area contributed by atoms with E-state index in [-0.39, 0.29) is 36.7 Å². The highest BCUT2D eigenvalue weighted by molar-refractivity contribution is 8.00. The first-order valence-electron chi connectivity index (χ1n) is 16.2. The lowest BCUT2D eigenvalue weighted by atomic mass is 9.75. The first kappa shape index (κ1) is 34.1. The Bertz CT molecular complexity index is 1270. The van der Waals surface area contributed by atoms with E-state index < -0.39 is 0 Å². The van der Waals surface area contributed by atoms with E-state index in [1.807, 2.05) is 60.0 Å². The lowest BCUT2D eigenvalue weighted by Crippen LogP contribution is -2.43. The summed E-state index contributed by atoms with van der Waals surface area (Å²) in [5, 5.41) is 0.371. The van der Waals surface area contributed by atoms with Crippen LogP contribution in [-0.2, 0) is 14.3 Å². The Hall–Kier alpha value is -2.81. The molecule has 2 aromatic carbocycles. The van der Waals surface area contributed by atoms with E-state index in [9.17, 15) is 9.59 Å². The third kappa shape index (κ3) is 9.11. The third-order valence-corrected chi connectivity index (χ3v) is 10.8. The Morgan fingerprint density at radius 1 is 1.05 bits per heavy atom. The molecule has 2 aromatic rings. The topological polar surface area (TPSA) is 108 Å². The van der Waals surface area contributed by atoms with Crippen LogP contribution < -0.4 is 21.1 Å². The molecule has 2 fully saturated rings. The van der Waals surface area contributed by atoms with Crippen LogP contribution in [0.2, 0.25) is 0 Å². The number of unbranched alkanes of at least 4 members (excludes halogenated alkanes) is 1. The number of esters is 2. The van der Waals surface area contributed by atoms with E-state index in [2.05, 4.69) is 27.4 Å². The van der Waals surface area contributed by atoms with Crippen LogP contribution in [0.25, 0.3) is 5.70 Å². The number of benzene rings is 2. The standard InChI is InChI=1S/C36H51N3O4S/c1-23(2)29-19-14-24(3)20-32(29)43-35(41)21-39(31-11-7-6-10-25(31)4)26(5)27-15-17-28(18-16-27)42-34(40)13-9-8-12-33-36(38)30(37)22-44-33/h6-7,10-11,15-18,23-24,29-30,32-33,36H,5,8-9,12-14,19-22,37-38H2,1-4H3/t24-,29+,30-,32-,33-,36-/m1/s1. The SMILES string of the molecule is C=C(c1ccc(OC(=O)CCCC[C@H]2SC[C@@H](N)[C@H]2N)cc1)N(CC(=O)O[C@@H]1C[C@H](C)CC[C@H]1C(C)C)c1ccccc1C. The van der Waals surface area contributed by atoms with Crippen molar-refractivity contribution in [2.45, 2.75) is 96.1 Å². The van der Waals surface area contributed by atoms with Crippen molar-refractivity contribution in [1.82, 2.24) is 0 Å². The first-order chi connectivity index (χ1) is 21.0. The van der Waals surface area contributed by atoms with Gasteiger partial charge in [-0.3, -0.25) is 9.59 Å². The first-order valence-corrected chi connectivity index (χ1v) is 17.2. The van der Waals surface area contributed by atoms with Crippen LogP contribution in [-0.4, -0.2) is 47.7 Å². The summed E-state index contributed by atoms with van der Waals surface area (Å²) in [6, 6.07) is 15.4. The zero-order chi connectivity index (χ0) is 31.8. The van der Waals surface area contributed by atoms with Gasteiger partial charge in [0.25, 0.3) is 0 Å². The normalized spacial score (nSPS) is 25.1. The monoisotopic (exact) mass is 621 g/mol. The van der Waals surface area contributed by atoms with Crippen molar-refractivity contribution in [1.29, 1.82) is 0 Å². The fraction of sp³-hybridized carbons (Fsp3) is 0.556. The van der Waals surface area contributed by atoms with Gasteiger partial charge < -0.3 is 25.8 Å². The molecule has 0 aromatic heterocycles. The van der Waals surface area contributed by atoms with Crippen molar-refractivity contribution in [2.75, 3.05) is 17.2 Å². The molecule has 1 aliphatic heterocycles. The predicted octanol–water partition coefficient (Wildman–Crippen LogP) is 6.71. The number of para-hydroxylation sites is 1. The van der Waals surface area contributed by atoms with Crippen LogP contribution in [0.1, 0.15) is 76.8 Å². The van der Waals surface area contributed by atoms with Crippen LogP contribution in [0.3, 0.4) is 0 Å². The highest BCUT2D eigenvalue weighted by atomic mass is 32.2. The molecule has 1 saturated heterocycles. The molecule has 1 aliphatic carbocycles. The van der Waals surface area contributed by atoms with E-state index in [0.717, 1.165) is 54.7 Å². The van der Waals surface area contributed by atoms with Gasteiger partial charge in [-0.15, -0.1) is 0 Å². The number of hydrogen-bond acceptors (Lipinski definition) is 8. The Morgan fingerprint density at radius 2 is 1.77 bits per heavy atom. The highest BCUT2D eigenvalue weighted by Crippen LogP contribution is 2.36. The lowest BCUT2D eigenvalue weighted by molar-refractivity contribution is -0.154. The molecule has 1 saturated carbocycles. The van der Waals surface area contributed by atoms with Gasteiger partial charge in [-0.1, -0.05) is 58.4 Å². The predicted molar refractivity (Wildman–Crippen MR) is 182 cm³/mol. The number of ether oxygens (including phenoxy) is 2. The lowest BCUT2D eigenvalue weighted by Gasteiger charge is -2.37. The Labute approximate surface area is 268 Å². The Kier molecular flexibility index (Phi) is 12.4. The molecule has 0 radical (unpaired) electrons. The summed E-state index contributed by atoms with van der Waals surface area (Å²) >= 11 is 1.83. The highest BCUT2D eigenvalue weighted by Gasteiger charge is 2.34. The van der Waals surface area contributed by atoms with Crippen LogP contribution in [0.15, 0.2) is 55.1 Å². The fourth-order valence-electron chi connectivity index (χ4n) is 6.45. The molecular formula is C36H51N3O4S. The van der Waals surface area contributed by atoms with Crippen molar-refractivity contribution >= 4 is 35.1 Å². The summed E-state index contributed by atoms with van der Waals surface area (Å²) in [4.78, 5) is 27.9. The fourth-order valence-corrected chi connectivity index (χ4v) is 7.90. The van der Waals surface area contributed by atoms with E-state index in [1.165, 1.54) is 6.42 Å². The van der Waals surface area contributed by atoms with Gasteiger partial charge in [-0.2, -0.15) is 11.8 Å². The summed E-state index contributed by atoms with van der Waals surface area (Å²) in [6.07, 6.45) is 6.10. The molecule has 4 rings (SSSR count). The Morgan fingerprint density at radius 3 is 2.43 bits per heavy atom. The van der Waals surface area contributed by atoms with Gasteiger partial charge in [-0.05, 0) is 91.8 Å². The summed E-state index contributed by atoms with van der Waals surface area (Å²) in [7, 11) is 0. The second-order valence-corrected chi connectivity index (χ2v) is 14.3. The number of carbonyl (C=O) groups excluding carboxylic acids is 2. The average molecular weight is 622 g/mol. The zero-order valence-corrected chi connectivity index (χ0v) is 27.7. The average Bonchev–Trinajstić information content (AvgIpc) is 3.31. The number of aryl methyl sites for hydroxylation is 1. The van der Waals surface area contributed by atoms with Crippen molar-refractivity contribution in [2.24, 2.45) is 29.2 Å². The zero-order valence-electron chi connectivity index (χ0n) is 26.9. The number of rotatable bonds is 13. The molecule has 8 heteroatoms. The molecule has 44 heavy (non-hydrogen) atoms. The van der Waals surface area contributed by atoms with Gasteiger partial charge in [0.05, 0.1) is 0 Å². The van der Waals surface area contributed by atoms with E-state index in [0.29, 0.717) is 40.9 Å². The third-order valence-electron chi connectivity index (χ3n) is 9.23. The smallest absolute Gasteiger partial charge is 0.326 e. The van der Waals surface area contributed by atoms with Crippen molar-refractivity contribution in [3.05, 3.63) is 66.2 Å². The van der Waals surface area contributed by atoms with Crippen molar-refractivity contribution in [3.8, 4) is 5.75 Å². The molecule has 0 amide bonds. The van der Waals surface area contributed by atoms with Crippen LogP contribution >= 0.6 is 11.8 Å². The van der Waals surface area contributed by atoms with Crippen molar-refractivity contribution < 1.29 is 19.1 Å². The minimum Gasteiger partial charge on any atom is -0.461 e. The minimum atomic E-state index is -0.252. The maximum absolute atomic E-state index is 13.4. The molecule has 1 heterocycles. The van der Waals surface area contributed by atoms with Crippen LogP contribution in [0, 0.1) is 24.7 Å². The summed E-state index contributed by atoms with van der Waals surface area (Å²) in [6.45, 7) is 13.1. The number of carbonyl (C=O) groups is 2. The number of nitrogens with zero attached hydrogens (tertiary/aromatic N) is 1. The molecule has 0 spiro atoms. The second-order valence-electron chi connectivity index (χ2n) is 13.0. The minimum absolute atomic E-state index is 0.0329. The van der Waals surface area contributed by atoms with E-state index in [1.54, 1.807) is 12.1 Å². The number of nitrogens with two attached hydrogens (primary N) is 2. The van der Waals surface area contributed by atoms with Gasteiger partial charge in [-0.25, -0.2) is 0 Å². The number of thioether (sulfide) groups is 1. The van der Waals surface area contributed by atoms with Gasteiger partial charge >= 0.3 is 11.9 Å². The molecule has 0 bridgehead atoms. The van der Waals surface area contributed by atoms with Gasteiger partial charge in [0.2, 0.25) is 0 Å². The van der Waals surface area contributed by atoms with Crippen molar-refractivity contribution in [3.63, 3.8) is 0 Å². The van der Waals surface area contributed by atoms with Crippen LogP contribution in [0.5, 0.6) is 5.75 Å². The number of anilines is 1. The number of hydrogen-bond donors (Lipinski definition) is 2. The van der Waals surface area contributed by atoms with Gasteiger partial charge in [0.15, 0.2) is 0 Å². The quantitative estimate of drug-likeness (QED) is 0.144. The summed E-state index contributed by atoms with van der Waals surface area (Å²) < 4.78 is 11.8. The summed E-state index contributed by atoms with van der Waals surface area (Å²) in [5.74, 6) is 2.28. The molecule has 0 unspecified atom stereocenters. The van der Waals surface area contributed by atoms with E-state index >= 15 is 0 Å². The molecule has 2 aliphatic rings. The molecular weight excluding hydrogens is 570 g/mol. The Balaban J connectivity index is 1.36. The van der Waals surface area contributed by atoms with Gasteiger partial charge in [0.1, 0.15) is 18.4 Å². The molecule has 4 N–H and O–H groups in total. The summed E-state index contributed by atoms with van der Waals surface area (Å²) in [5.41, 5.74) is 15.6. The largest absolute Gasteiger partial charge is 0.461 e.